The number of benzene rings is 1. The average molecular weight is 312 g/mol. The van der Waals surface area contributed by atoms with E-state index in [-0.39, 0.29) is 11.8 Å². The lowest BCUT2D eigenvalue weighted by molar-refractivity contribution is -0.125. The summed E-state index contributed by atoms with van der Waals surface area (Å²) in [5, 5.41) is 14.9. The third-order valence-corrected chi connectivity index (χ3v) is 4.02. The highest BCUT2D eigenvalue weighted by Crippen LogP contribution is 2.23. The summed E-state index contributed by atoms with van der Waals surface area (Å²) in [6.45, 7) is 5.66. The minimum Gasteiger partial charge on any atom is -0.352 e. The standard InChI is InChI=1S/C16H20N6O/c1-2-10-17-15(23)13-8-11-21(12-9-13)16-18-19-20-22(16)14-6-4-3-5-7-14/h2-7,13H,1,8-12H2,(H,17,23). The highest BCUT2D eigenvalue weighted by molar-refractivity contribution is 5.79. The third kappa shape index (κ3) is 3.39. The van der Waals surface area contributed by atoms with Crippen molar-refractivity contribution in [2.24, 2.45) is 5.92 Å². The SMILES string of the molecule is C=CCNC(=O)C1CCN(c2nnnn2-c2ccccc2)CC1. The largest absolute Gasteiger partial charge is 0.352 e. The second-order valence-corrected chi connectivity index (χ2v) is 5.52. The maximum absolute atomic E-state index is 12.0. The summed E-state index contributed by atoms with van der Waals surface area (Å²) in [7, 11) is 0. The number of hydrogen-bond donors (Lipinski definition) is 1. The first-order valence-corrected chi connectivity index (χ1v) is 7.77. The molecule has 0 unspecified atom stereocenters. The van der Waals surface area contributed by atoms with Crippen molar-refractivity contribution in [3.8, 4) is 5.69 Å². The zero-order valence-corrected chi connectivity index (χ0v) is 12.9. The molecule has 3 rings (SSSR count). The van der Waals surface area contributed by atoms with Crippen LogP contribution in [0.4, 0.5) is 5.95 Å². The van der Waals surface area contributed by atoms with Crippen LogP contribution in [0.1, 0.15) is 12.8 Å². The molecule has 1 aliphatic rings. The van der Waals surface area contributed by atoms with Crippen molar-refractivity contribution < 1.29 is 4.79 Å². The van der Waals surface area contributed by atoms with Crippen LogP contribution in [-0.4, -0.2) is 45.7 Å². The molecular weight excluding hydrogens is 292 g/mol. The number of anilines is 1. The van der Waals surface area contributed by atoms with Gasteiger partial charge in [0.15, 0.2) is 0 Å². The topological polar surface area (TPSA) is 75.9 Å². The fourth-order valence-corrected chi connectivity index (χ4v) is 2.77. The minimum absolute atomic E-state index is 0.0484. The fourth-order valence-electron chi connectivity index (χ4n) is 2.77. The van der Waals surface area contributed by atoms with Gasteiger partial charge in [0.1, 0.15) is 0 Å². The van der Waals surface area contributed by atoms with E-state index in [2.05, 4.69) is 32.3 Å². The maximum atomic E-state index is 12.0. The lowest BCUT2D eigenvalue weighted by atomic mass is 9.96. The molecule has 1 aromatic heterocycles. The number of piperidine rings is 1. The summed E-state index contributed by atoms with van der Waals surface area (Å²) in [5.41, 5.74) is 0.929. The van der Waals surface area contributed by atoms with Gasteiger partial charge in [-0.15, -0.1) is 6.58 Å². The molecule has 0 radical (unpaired) electrons. The van der Waals surface area contributed by atoms with E-state index in [1.54, 1.807) is 10.8 Å². The number of carbonyl (C=O) groups excluding carboxylic acids is 1. The quantitative estimate of drug-likeness (QED) is 0.839. The second kappa shape index (κ2) is 7.04. The van der Waals surface area contributed by atoms with Gasteiger partial charge in [-0.25, -0.2) is 0 Å². The van der Waals surface area contributed by atoms with Gasteiger partial charge >= 0.3 is 0 Å². The molecule has 0 bridgehead atoms. The van der Waals surface area contributed by atoms with Gasteiger partial charge in [-0.1, -0.05) is 29.4 Å². The van der Waals surface area contributed by atoms with Gasteiger partial charge in [0.25, 0.3) is 0 Å². The molecule has 120 valence electrons. The smallest absolute Gasteiger partial charge is 0.250 e. The van der Waals surface area contributed by atoms with E-state index in [4.69, 9.17) is 0 Å². The molecule has 1 N–H and O–H groups in total. The molecule has 1 aliphatic heterocycles. The molecule has 23 heavy (non-hydrogen) atoms. The molecule has 1 amide bonds. The van der Waals surface area contributed by atoms with Crippen LogP contribution in [0.2, 0.25) is 0 Å². The molecule has 7 nitrogen and oxygen atoms in total. The van der Waals surface area contributed by atoms with Crippen molar-refractivity contribution in [1.82, 2.24) is 25.5 Å². The number of amides is 1. The van der Waals surface area contributed by atoms with E-state index in [1.165, 1.54) is 0 Å². The molecule has 0 spiro atoms. The Hall–Kier alpha value is -2.70. The molecule has 1 fully saturated rings. The molecule has 7 heteroatoms. The molecule has 1 aromatic carbocycles. The fraction of sp³-hybridized carbons (Fsp3) is 0.375. The summed E-state index contributed by atoms with van der Waals surface area (Å²) in [6.07, 6.45) is 3.29. The van der Waals surface area contributed by atoms with Crippen molar-refractivity contribution >= 4 is 11.9 Å². The van der Waals surface area contributed by atoms with Crippen molar-refractivity contribution in [2.45, 2.75) is 12.8 Å². The first-order valence-electron chi connectivity index (χ1n) is 7.77. The van der Waals surface area contributed by atoms with E-state index < -0.39 is 0 Å². The highest BCUT2D eigenvalue weighted by Gasteiger charge is 2.27. The molecule has 0 atom stereocenters. The Labute approximate surface area is 135 Å². The third-order valence-electron chi connectivity index (χ3n) is 4.02. The Kier molecular flexibility index (Phi) is 4.65. The number of para-hydroxylation sites is 1. The first-order chi connectivity index (χ1) is 11.3. The number of rotatable bonds is 5. The van der Waals surface area contributed by atoms with Crippen LogP contribution in [0.3, 0.4) is 0 Å². The summed E-state index contributed by atoms with van der Waals surface area (Å²) in [6, 6.07) is 9.81. The Morgan fingerprint density at radius 3 is 2.74 bits per heavy atom. The lowest BCUT2D eigenvalue weighted by Gasteiger charge is -2.31. The number of nitrogens with one attached hydrogen (secondary N) is 1. The van der Waals surface area contributed by atoms with Gasteiger partial charge in [0, 0.05) is 25.6 Å². The number of tetrazole rings is 1. The van der Waals surface area contributed by atoms with Crippen molar-refractivity contribution in [3.63, 3.8) is 0 Å². The van der Waals surface area contributed by atoms with Crippen LogP contribution < -0.4 is 10.2 Å². The summed E-state index contributed by atoms with van der Waals surface area (Å²) in [5.74, 6) is 0.876. The predicted molar refractivity (Wildman–Crippen MR) is 87.3 cm³/mol. The van der Waals surface area contributed by atoms with Crippen LogP contribution in [0, 0.1) is 5.92 Å². The molecule has 1 saturated heterocycles. The molecule has 2 heterocycles. The lowest BCUT2D eigenvalue weighted by Crippen LogP contribution is -2.41. The van der Waals surface area contributed by atoms with Crippen molar-refractivity contribution in [2.75, 3.05) is 24.5 Å². The van der Waals surface area contributed by atoms with E-state index >= 15 is 0 Å². The monoisotopic (exact) mass is 312 g/mol. The average Bonchev–Trinajstić information content (AvgIpc) is 3.10. The normalized spacial score (nSPS) is 15.4. The summed E-state index contributed by atoms with van der Waals surface area (Å²) < 4.78 is 1.73. The maximum Gasteiger partial charge on any atom is 0.250 e. The van der Waals surface area contributed by atoms with Crippen LogP contribution in [0.15, 0.2) is 43.0 Å². The van der Waals surface area contributed by atoms with Crippen molar-refractivity contribution in [1.29, 1.82) is 0 Å². The van der Waals surface area contributed by atoms with Gasteiger partial charge in [-0.05, 0) is 35.4 Å². The zero-order valence-electron chi connectivity index (χ0n) is 12.9. The van der Waals surface area contributed by atoms with Crippen LogP contribution in [0.5, 0.6) is 0 Å². The summed E-state index contributed by atoms with van der Waals surface area (Å²) in [4.78, 5) is 14.1. The Morgan fingerprint density at radius 2 is 2.04 bits per heavy atom. The first kappa shape index (κ1) is 15.2. The van der Waals surface area contributed by atoms with Gasteiger partial charge in [0.05, 0.1) is 5.69 Å². The number of hydrogen-bond acceptors (Lipinski definition) is 5. The number of nitrogens with zero attached hydrogens (tertiary/aromatic N) is 5. The molecule has 2 aromatic rings. The van der Waals surface area contributed by atoms with Gasteiger partial charge < -0.3 is 10.2 Å². The van der Waals surface area contributed by atoms with Gasteiger partial charge in [0.2, 0.25) is 11.9 Å². The van der Waals surface area contributed by atoms with Crippen molar-refractivity contribution in [3.05, 3.63) is 43.0 Å². The Bertz CT molecular complexity index is 660. The van der Waals surface area contributed by atoms with Gasteiger partial charge in [-0.2, -0.15) is 4.68 Å². The number of aromatic nitrogens is 4. The van der Waals surface area contributed by atoms with Crippen LogP contribution in [-0.2, 0) is 4.79 Å². The Morgan fingerprint density at radius 1 is 1.30 bits per heavy atom. The zero-order chi connectivity index (χ0) is 16.1. The molecular formula is C16H20N6O. The molecule has 0 saturated carbocycles. The van der Waals surface area contributed by atoms with E-state index in [0.29, 0.717) is 6.54 Å². The van der Waals surface area contributed by atoms with Crippen LogP contribution >= 0.6 is 0 Å². The predicted octanol–water partition coefficient (Wildman–Crippen LogP) is 1.18. The minimum atomic E-state index is 0.0484. The van der Waals surface area contributed by atoms with Crippen LogP contribution in [0.25, 0.3) is 5.69 Å². The van der Waals surface area contributed by atoms with E-state index in [0.717, 1.165) is 37.6 Å². The van der Waals surface area contributed by atoms with E-state index in [9.17, 15) is 4.79 Å². The summed E-state index contributed by atoms with van der Waals surface area (Å²) >= 11 is 0. The second-order valence-electron chi connectivity index (χ2n) is 5.52. The molecule has 0 aliphatic carbocycles. The number of carbonyl (C=O) groups is 1. The van der Waals surface area contributed by atoms with E-state index in [1.807, 2.05) is 30.3 Å². The highest BCUT2D eigenvalue weighted by atomic mass is 16.1. The Balaban J connectivity index is 1.66. The van der Waals surface area contributed by atoms with Gasteiger partial charge in [-0.3, -0.25) is 4.79 Å².